The van der Waals surface area contributed by atoms with Gasteiger partial charge in [0.25, 0.3) is 0 Å². The molecular weight excluding hydrogens is 278 g/mol. The molecule has 0 saturated carbocycles. The second-order valence-corrected chi connectivity index (χ2v) is 3.69. The van der Waals surface area contributed by atoms with Gasteiger partial charge in [0.1, 0.15) is 0 Å². The highest BCUT2D eigenvalue weighted by atomic mass is 35.5. The van der Waals surface area contributed by atoms with E-state index in [1.807, 2.05) is 0 Å². The molecule has 0 heterocycles. The Balaban J connectivity index is -0.000000720. The first-order valence-electron chi connectivity index (χ1n) is 4.95. The Kier molecular flexibility index (Phi) is 29.2. The van der Waals surface area contributed by atoms with E-state index in [1.165, 1.54) is 19.3 Å². The van der Waals surface area contributed by atoms with Gasteiger partial charge in [0.15, 0.2) is 0 Å². The molecule has 0 aromatic carbocycles. The zero-order chi connectivity index (χ0) is 9.78. The van der Waals surface area contributed by atoms with Crippen molar-refractivity contribution in [3.8, 4) is 0 Å². The molecule has 0 radical (unpaired) electrons. The zero-order valence-corrected chi connectivity index (χ0v) is 12.1. The first kappa shape index (κ1) is 21.4. The van der Waals surface area contributed by atoms with Gasteiger partial charge in [-0.3, -0.25) is 0 Å². The summed E-state index contributed by atoms with van der Waals surface area (Å²) in [6.07, 6.45) is 3.74. The quantitative estimate of drug-likeness (QED) is 0.479. The van der Waals surface area contributed by atoms with Crippen molar-refractivity contribution in [2.24, 2.45) is 0 Å². The van der Waals surface area contributed by atoms with Gasteiger partial charge >= 0.3 is 0 Å². The van der Waals surface area contributed by atoms with Crippen LogP contribution in [0.25, 0.3) is 0 Å². The average Bonchev–Trinajstić information content (AvgIpc) is 2.16. The van der Waals surface area contributed by atoms with E-state index < -0.39 is 0 Å². The molecule has 0 fully saturated rings. The number of nitrogens with one attached hydrogen (secondary N) is 2. The molecule has 6 heteroatoms. The molecule has 96 valence electrons. The van der Waals surface area contributed by atoms with E-state index in [4.69, 9.17) is 23.2 Å². The lowest BCUT2D eigenvalue weighted by Gasteiger charge is -2.03. The third-order valence-corrected chi connectivity index (χ3v) is 2.13. The lowest BCUT2D eigenvalue weighted by atomic mass is 10.2. The smallest absolute Gasteiger partial charge is 0.0348 e. The van der Waals surface area contributed by atoms with Gasteiger partial charge < -0.3 is 10.6 Å². The van der Waals surface area contributed by atoms with Gasteiger partial charge in [0.05, 0.1) is 0 Å². The van der Waals surface area contributed by atoms with Crippen LogP contribution < -0.4 is 10.6 Å². The van der Waals surface area contributed by atoms with E-state index in [-0.39, 0.29) is 24.8 Å². The molecule has 15 heavy (non-hydrogen) atoms. The Morgan fingerprint density at radius 2 is 1.00 bits per heavy atom. The monoisotopic (exact) mass is 298 g/mol. The van der Waals surface area contributed by atoms with Crippen molar-refractivity contribution in [2.45, 2.75) is 19.3 Å². The van der Waals surface area contributed by atoms with Crippen LogP contribution in [0.3, 0.4) is 0 Å². The predicted molar refractivity (Wildman–Crippen MR) is 75.5 cm³/mol. The number of alkyl halides is 2. The van der Waals surface area contributed by atoms with E-state index >= 15 is 0 Å². The number of halogens is 4. The lowest BCUT2D eigenvalue weighted by Crippen LogP contribution is -2.19. The summed E-state index contributed by atoms with van der Waals surface area (Å²) in [7, 11) is 0. The minimum Gasteiger partial charge on any atom is -0.316 e. The van der Waals surface area contributed by atoms with Crippen LogP contribution in [0, 0.1) is 0 Å². The van der Waals surface area contributed by atoms with Gasteiger partial charge in [-0.05, 0) is 25.9 Å². The maximum absolute atomic E-state index is 5.51. The third-order valence-electron chi connectivity index (χ3n) is 1.75. The maximum atomic E-state index is 5.51. The summed E-state index contributed by atoms with van der Waals surface area (Å²) >= 11 is 11.0. The molecule has 0 spiro atoms. The van der Waals surface area contributed by atoms with Gasteiger partial charge in [0.2, 0.25) is 0 Å². The molecular formula is C9H22Cl4N2. The standard InChI is InChI=1S/C9H20Cl2N2.2ClH/c10-4-8-12-6-2-1-3-7-13-9-5-11;;/h12-13H,1-9H2;2*1H. The molecule has 0 saturated heterocycles. The number of hydrogen-bond acceptors (Lipinski definition) is 2. The molecule has 0 aliphatic carbocycles. The summed E-state index contributed by atoms with van der Waals surface area (Å²) in [5.41, 5.74) is 0. The van der Waals surface area contributed by atoms with Crippen molar-refractivity contribution in [1.29, 1.82) is 0 Å². The van der Waals surface area contributed by atoms with E-state index in [0.29, 0.717) is 11.8 Å². The van der Waals surface area contributed by atoms with E-state index in [1.54, 1.807) is 0 Å². The molecule has 0 aliphatic rings. The molecule has 0 amide bonds. The lowest BCUT2D eigenvalue weighted by molar-refractivity contribution is 0.589. The Morgan fingerprint density at radius 1 is 0.600 bits per heavy atom. The first-order valence-corrected chi connectivity index (χ1v) is 6.02. The average molecular weight is 300 g/mol. The molecule has 0 aromatic heterocycles. The predicted octanol–water partition coefficient (Wildman–Crippen LogP) is 2.66. The van der Waals surface area contributed by atoms with Crippen molar-refractivity contribution < 1.29 is 0 Å². The summed E-state index contributed by atoms with van der Waals surface area (Å²) in [4.78, 5) is 0. The second kappa shape index (κ2) is 20.5. The fraction of sp³-hybridized carbons (Fsp3) is 1.00. The minimum atomic E-state index is 0. The van der Waals surface area contributed by atoms with Crippen LogP contribution in [0.2, 0.25) is 0 Å². The molecule has 0 aliphatic heterocycles. The normalized spacial score (nSPS) is 9.20. The SMILES string of the molecule is Cl.Cl.ClCCNCCCCCNCCCl. The zero-order valence-electron chi connectivity index (χ0n) is 8.94. The Bertz CT molecular complexity index is 86.2. The number of unbranched alkanes of at least 4 members (excludes halogenated alkanes) is 2. The van der Waals surface area contributed by atoms with E-state index in [0.717, 1.165) is 26.2 Å². The summed E-state index contributed by atoms with van der Waals surface area (Å²) in [6.45, 7) is 4.02. The summed E-state index contributed by atoms with van der Waals surface area (Å²) < 4.78 is 0. The molecule has 2 nitrogen and oxygen atoms in total. The van der Waals surface area contributed by atoms with Gasteiger partial charge in [-0.15, -0.1) is 48.0 Å². The van der Waals surface area contributed by atoms with Crippen molar-refractivity contribution in [1.82, 2.24) is 10.6 Å². The van der Waals surface area contributed by atoms with E-state index in [2.05, 4.69) is 10.6 Å². The summed E-state index contributed by atoms with van der Waals surface area (Å²) in [6, 6.07) is 0. The van der Waals surface area contributed by atoms with E-state index in [9.17, 15) is 0 Å². The summed E-state index contributed by atoms with van der Waals surface area (Å²) in [5.74, 6) is 1.41. The van der Waals surface area contributed by atoms with Gasteiger partial charge in [-0.2, -0.15) is 0 Å². The molecule has 0 unspecified atom stereocenters. The Labute approximate surface area is 116 Å². The number of hydrogen-bond donors (Lipinski definition) is 2. The second-order valence-electron chi connectivity index (χ2n) is 2.94. The topological polar surface area (TPSA) is 24.1 Å². The fourth-order valence-corrected chi connectivity index (χ4v) is 1.33. The van der Waals surface area contributed by atoms with Crippen LogP contribution >= 0.6 is 48.0 Å². The van der Waals surface area contributed by atoms with Crippen LogP contribution in [-0.4, -0.2) is 37.9 Å². The summed E-state index contributed by atoms with van der Waals surface area (Å²) in [5, 5.41) is 6.53. The van der Waals surface area contributed by atoms with Crippen LogP contribution in [0.5, 0.6) is 0 Å². The minimum absolute atomic E-state index is 0. The van der Waals surface area contributed by atoms with Crippen molar-refractivity contribution in [3.63, 3.8) is 0 Å². The van der Waals surface area contributed by atoms with Crippen molar-refractivity contribution in [2.75, 3.05) is 37.9 Å². The van der Waals surface area contributed by atoms with Crippen LogP contribution in [0.4, 0.5) is 0 Å². The van der Waals surface area contributed by atoms with Crippen LogP contribution in [-0.2, 0) is 0 Å². The Morgan fingerprint density at radius 3 is 1.33 bits per heavy atom. The molecule has 0 atom stereocenters. The van der Waals surface area contributed by atoms with Crippen molar-refractivity contribution >= 4 is 48.0 Å². The number of rotatable bonds is 10. The van der Waals surface area contributed by atoms with Crippen molar-refractivity contribution in [3.05, 3.63) is 0 Å². The highest BCUT2D eigenvalue weighted by Crippen LogP contribution is 1.92. The fourth-order valence-electron chi connectivity index (χ4n) is 1.06. The van der Waals surface area contributed by atoms with Gasteiger partial charge in [0, 0.05) is 24.8 Å². The van der Waals surface area contributed by atoms with Gasteiger partial charge in [-0.25, -0.2) is 0 Å². The highest BCUT2D eigenvalue weighted by Gasteiger charge is 1.89. The first-order chi connectivity index (χ1) is 6.41. The molecule has 0 bridgehead atoms. The molecule has 0 aromatic rings. The van der Waals surface area contributed by atoms with Gasteiger partial charge in [-0.1, -0.05) is 6.42 Å². The molecule has 2 N–H and O–H groups in total. The highest BCUT2D eigenvalue weighted by molar-refractivity contribution is 6.18. The van der Waals surface area contributed by atoms with Crippen LogP contribution in [0.15, 0.2) is 0 Å². The third kappa shape index (κ3) is 21.0. The maximum Gasteiger partial charge on any atom is 0.0348 e. The largest absolute Gasteiger partial charge is 0.316 e. The Hall–Kier alpha value is 1.08. The van der Waals surface area contributed by atoms with Crippen LogP contribution in [0.1, 0.15) is 19.3 Å². The molecule has 0 rings (SSSR count).